The lowest BCUT2D eigenvalue weighted by molar-refractivity contribution is -0.143. The van der Waals surface area contributed by atoms with Crippen molar-refractivity contribution >= 4 is 29.6 Å². The summed E-state index contributed by atoms with van der Waals surface area (Å²) in [5.74, 6) is -0.489. The molecule has 0 radical (unpaired) electrons. The lowest BCUT2D eigenvalue weighted by Crippen LogP contribution is -2.43. The summed E-state index contributed by atoms with van der Waals surface area (Å²) in [7, 11) is 1.37. The highest BCUT2D eigenvalue weighted by Crippen LogP contribution is 2.34. The molecule has 6 nitrogen and oxygen atoms in total. The normalized spacial score (nSPS) is 20.5. The van der Waals surface area contributed by atoms with Gasteiger partial charge in [0.1, 0.15) is 11.8 Å². The second kappa shape index (κ2) is 9.43. The standard InChI is InChI=1S/C21H26ClNO5/c1-27-21(26)17(10-13-6-3-2-4-7-13)23-12-14-11-15-16(22)8-5-9-18(15)28-19(14)20(24)25/h5,8-9,11,13,17,19,23H,2-4,6-7,10,12H2,1H3,(H,24,25)/t17-,19?/m0/s1. The minimum absolute atomic E-state index is 0.202. The van der Waals surface area contributed by atoms with E-state index in [1.807, 2.05) is 0 Å². The Bertz CT molecular complexity index is 757. The van der Waals surface area contributed by atoms with E-state index in [0.717, 1.165) is 12.8 Å². The molecule has 2 N–H and O–H groups in total. The number of hydrogen-bond donors (Lipinski definition) is 2. The van der Waals surface area contributed by atoms with Gasteiger partial charge in [-0.25, -0.2) is 4.79 Å². The molecule has 0 spiro atoms. The van der Waals surface area contributed by atoms with E-state index in [1.54, 1.807) is 24.3 Å². The zero-order valence-corrected chi connectivity index (χ0v) is 16.7. The summed E-state index contributed by atoms with van der Waals surface area (Å²) in [6.45, 7) is 0.202. The number of hydrogen-bond acceptors (Lipinski definition) is 5. The van der Waals surface area contributed by atoms with E-state index in [9.17, 15) is 14.7 Å². The number of rotatable bonds is 7. The number of ether oxygens (including phenoxy) is 2. The number of benzene rings is 1. The smallest absolute Gasteiger partial charge is 0.349 e. The van der Waals surface area contributed by atoms with Crippen LogP contribution in [0, 0.1) is 5.92 Å². The van der Waals surface area contributed by atoms with E-state index in [0.29, 0.717) is 34.2 Å². The highest BCUT2D eigenvalue weighted by molar-refractivity contribution is 6.32. The first-order valence-electron chi connectivity index (χ1n) is 9.69. The van der Waals surface area contributed by atoms with Crippen molar-refractivity contribution in [2.45, 2.75) is 50.7 Å². The van der Waals surface area contributed by atoms with E-state index in [4.69, 9.17) is 21.1 Å². The summed E-state index contributed by atoms with van der Waals surface area (Å²) >= 11 is 6.23. The van der Waals surface area contributed by atoms with Gasteiger partial charge in [0.2, 0.25) is 6.10 Å². The monoisotopic (exact) mass is 407 g/mol. The molecule has 2 aliphatic rings. The molecular formula is C21H26ClNO5. The van der Waals surface area contributed by atoms with Gasteiger partial charge in [0.25, 0.3) is 0 Å². The quantitative estimate of drug-likeness (QED) is 0.671. The van der Waals surface area contributed by atoms with E-state index < -0.39 is 18.1 Å². The van der Waals surface area contributed by atoms with E-state index in [-0.39, 0.29) is 12.5 Å². The minimum Gasteiger partial charge on any atom is -0.478 e. The number of carboxylic acids is 1. The predicted octanol–water partition coefficient (Wildman–Crippen LogP) is 3.67. The molecular weight excluding hydrogens is 382 g/mol. The van der Waals surface area contributed by atoms with Gasteiger partial charge in [-0.3, -0.25) is 4.79 Å². The van der Waals surface area contributed by atoms with Crippen LogP contribution >= 0.6 is 11.6 Å². The Hall–Kier alpha value is -2.05. The number of carboxylic acid groups (broad SMARTS) is 1. The van der Waals surface area contributed by atoms with Gasteiger partial charge in [0, 0.05) is 12.1 Å². The fraction of sp³-hybridized carbons (Fsp3) is 0.524. The fourth-order valence-electron chi connectivity index (χ4n) is 3.98. The first kappa shape index (κ1) is 20.7. The number of fused-ring (bicyclic) bond motifs is 1. The van der Waals surface area contributed by atoms with Crippen molar-refractivity contribution in [3.05, 3.63) is 34.4 Å². The van der Waals surface area contributed by atoms with Gasteiger partial charge in [0.15, 0.2) is 0 Å². The van der Waals surface area contributed by atoms with Crippen LogP contribution in [0.15, 0.2) is 23.8 Å². The molecule has 2 atom stereocenters. The molecule has 1 fully saturated rings. The maximum absolute atomic E-state index is 12.3. The van der Waals surface area contributed by atoms with Gasteiger partial charge in [-0.05, 0) is 36.1 Å². The Morgan fingerprint density at radius 2 is 2.07 bits per heavy atom. The van der Waals surface area contributed by atoms with Gasteiger partial charge >= 0.3 is 11.9 Å². The minimum atomic E-state index is -1.12. The number of nitrogens with one attached hydrogen (secondary N) is 1. The van der Waals surface area contributed by atoms with E-state index in [1.165, 1.54) is 26.4 Å². The number of halogens is 1. The second-order valence-electron chi connectivity index (χ2n) is 7.40. The molecule has 0 bridgehead atoms. The first-order valence-corrected chi connectivity index (χ1v) is 10.1. The molecule has 28 heavy (non-hydrogen) atoms. The van der Waals surface area contributed by atoms with Crippen molar-refractivity contribution in [2.24, 2.45) is 5.92 Å². The molecule has 0 aromatic heterocycles. The largest absolute Gasteiger partial charge is 0.478 e. The van der Waals surface area contributed by atoms with Gasteiger partial charge in [-0.1, -0.05) is 49.8 Å². The number of carbonyl (C=O) groups is 2. The molecule has 1 aromatic carbocycles. The van der Waals surface area contributed by atoms with Crippen LogP contribution in [0.4, 0.5) is 0 Å². The molecule has 1 saturated carbocycles. The van der Waals surface area contributed by atoms with Crippen LogP contribution in [0.5, 0.6) is 5.75 Å². The summed E-state index contributed by atoms with van der Waals surface area (Å²) in [5.41, 5.74) is 1.17. The molecule has 3 rings (SSSR count). The molecule has 1 aliphatic carbocycles. The third kappa shape index (κ3) is 4.86. The lowest BCUT2D eigenvalue weighted by Gasteiger charge is -2.28. The zero-order chi connectivity index (χ0) is 20.1. The van der Waals surface area contributed by atoms with E-state index >= 15 is 0 Å². The maximum Gasteiger partial charge on any atom is 0.349 e. The Morgan fingerprint density at radius 1 is 1.32 bits per heavy atom. The number of carbonyl (C=O) groups excluding carboxylic acids is 1. The molecule has 1 heterocycles. The summed E-state index contributed by atoms with van der Waals surface area (Å²) in [6, 6.07) is 4.66. The number of esters is 1. The Labute approximate surface area is 169 Å². The van der Waals surface area contributed by atoms with Gasteiger partial charge in [-0.15, -0.1) is 0 Å². The van der Waals surface area contributed by atoms with Crippen molar-refractivity contribution in [1.29, 1.82) is 0 Å². The number of aliphatic carboxylic acids is 1. The van der Waals surface area contributed by atoms with Crippen LogP contribution in [0.25, 0.3) is 6.08 Å². The first-order chi connectivity index (χ1) is 13.5. The Balaban J connectivity index is 1.75. The molecule has 1 aromatic rings. The fourth-order valence-corrected chi connectivity index (χ4v) is 4.20. The Morgan fingerprint density at radius 3 is 2.75 bits per heavy atom. The average molecular weight is 408 g/mol. The van der Waals surface area contributed by atoms with Crippen LogP contribution in [0.2, 0.25) is 5.02 Å². The van der Waals surface area contributed by atoms with Gasteiger partial charge in [0.05, 0.1) is 12.1 Å². The molecule has 7 heteroatoms. The van der Waals surface area contributed by atoms with Crippen molar-refractivity contribution < 1.29 is 24.2 Å². The van der Waals surface area contributed by atoms with Crippen molar-refractivity contribution in [1.82, 2.24) is 5.32 Å². The summed E-state index contributed by atoms with van der Waals surface area (Å²) < 4.78 is 10.6. The molecule has 1 unspecified atom stereocenters. The summed E-state index contributed by atoms with van der Waals surface area (Å²) in [5, 5.41) is 13.3. The average Bonchev–Trinajstić information content (AvgIpc) is 2.71. The van der Waals surface area contributed by atoms with Gasteiger partial charge in [-0.2, -0.15) is 0 Å². The van der Waals surface area contributed by atoms with Crippen LogP contribution in [0.1, 0.15) is 44.1 Å². The molecule has 1 aliphatic heterocycles. The third-order valence-electron chi connectivity index (χ3n) is 5.48. The lowest BCUT2D eigenvalue weighted by atomic mass is 9.84. The summed E-state index contributed by atoms with van der Waals surface area (Å²) in [4.78, 5) is 23.9. The van der Waals surface area contributed by atoms with Crippen LogP contribution in [-0.2, 0) is 14.3 Å². The number of methoxy groups -OCH3 is 1. The topological polar surface area (TPSA) is 84.9 Å². The van der Waals surface area contributed by atoms with Crippen LogP contribution in [-0.4, -0.2) is 42.8 Å². The van der Waals surface area contributed by atoms with E-state index in [2.05, 4.69) is 5.32 Å². The SMILES string of the molecule is COC(=O)[C@H](CC1CCCCC1)NCC1=Cc2c(Cl)cccc2OC1C(=O)O. The zero-order valence-electron chi connectivity index (χ0n) is 15.9. The molecule has 0 saturated heterocycles. The highest BCUT2D eigenvalue weighted by Gasteiger charge is 2.31. The summed E-state index contributed by atoms with van der Waals surface area (Å²) in [6.07, 6.45) is 7.16. The Kier molecular flexibility index (Phi) is 6.97. The second-order valence-corrected chi connectivity index (χ2v) is 7.81. The maximum atomic E-state index is 12.3. The van der Waals surface area contributed by atoms with Crippen molar-refractivity contribution in [3.63, 3.8) is 0 Å². The van der Waals surface area contributed by atoms with Crippen LogP contribution < -0.4 is 10.1 Å². The van der Waals surface area contributed by atoms with Crippen molar-refractivity contribution in [3.8, 4) is 5.75 Å². The molecule has 0 amide bonds. The van der Waals surface area contributed by atoms with Crippen LogP contribution in [0.3, 0.4) is 0 Å². The third-order valence-corrected chi connectivity index (χ3v) is 5.81. The van der Waals surface area contributed by atoms with Crippen molar-refractivity contribution in [2.75, 3.05) is 13.7 Å². The van der Waals surface area contributed by atoms with Gasteiger partial charge < -0.3 is 19.9 Å². The molecule has 152 valence electrons. The predicted molar refractivity (Wildman–Crippen MR) is 106 cm³/mol. The highest BCUT2D eigenvalue weighted by atomic mass is 35.5.